The molecule has 0 aromatic heterocycles. The average Bonchev–Trinajstić information content (AvgIpc) is 2.71. The lowest BCUT2D eigenvalue weighted by atomic mass is 10.1. The summed E-state index contributed by atoms with van der Waals surface area (Å²) in [5, 5.41) is 14.8. The zero-order chi connectivity index (χ0) is 20.0. The number of rotatable bonds is 11. The van der Waals surface area contributed by atoms with Crippen molar-refractivity contribution in [1.29, 1.82) is 0 Å². The molecule has 0 radical (unpaired) electrons. The topological polar surface area (TPSA) is 87.7 Å². The number of aromatic hydroxyl groups is 1. The number of alkyl carbamates (subject to hydrolysis) is 1. The van der Waals surface area contributed by atoms with E-state index in [0.29, 0.717) is 19.5 Å². The number of benzene rings is 2. The molecule has 0 aliphatic heterocycles. The molecular formula is C22H28N2O4. The van der Waals surface area contributed by atoms with Crippen LogP contribution in [-0.2, 0) is 22.6 Å². The van der Waals surface area contributed by atoms with E-state index >= 15 is 0 Å². The smallest absolute Gasteiger partial charge is 0.407 e. The fraction of sp³-hybridized carbons (Fsp3) is 0.364. The van der Waals surface area contributed by atoms with Gasteiger partial charge in [0.15, 0.2) is 0 Å². The van der Waals surface area contributed by atoms with Crippen LogP contribution in [0.3, 0.4) is 0 Å². The molecule has 0 spiro atoms. The molecule has 3 N–H and O–H groups in total. The van der Waals surface area contributed by atoms with Crippen molar-refractivity contribution in [2.75, 3.05) is 13.1 Å². The zero-order valence-corrected chi connectivity index (χ0v) is 16.0. The molecule has 28 heavy (non-hydrogen) atoms. The first-order valence-electron chi connectivity index (χ1n) is 9.62. The minimum atomic E-state index is -0.421. The molecule has 2 amide bonds. The summed E-state index contributed by atoms with van der Waals surface area (Å²) in [6, 6.07) is 16.5. The van der Waals surface area contributed by atoms with Crippen molar-refractivity contribution in [2.24, 2.45) is 0 Å². The minimum Gasteiger partial charge on any atom is -0.508 e. The van der Waals surface area contributed by atoms with Gasteiger partial charge in [0.1, 0.15) is 12.4 Å². The van der Waals surface area contributed by atoms with E-state index in [0.717, 1.165) is 36.8 Å². The van der Waals surface area contributed by atoms with Gasteiger partial charge in [-0.25, -0.2) is 4.79 Å². The number of nitrogens with one attached hydrogen (secondary N) is 2. The van der Waals surface area contributed by atoms with Gasteiger partial charge in [-0.05, 0) is 42.5 Å². The second-order valence-electron chi connectivity index (χ2n) is 6.57. The highest BCUT2D eigenvalue weighted by Crippen LogP contribution is 2.09. The van der Waals surface area contributed by atoms with Gasteiger partial charge in [-0.3, -0.25) is 4.79 Å². The van der Waals surface area contributed by atoms with Gasteiger partial charge < -0.3 is 20.5 Å². The van der Waals surface area contributed by atoms with Crippen molar-refractivity contribution in [2.45, 2.75) is 38.7 Å². The Morgan fingerprint density at radius 1 is 0.821 bits per heavy atom. The first kappa shape index (κ1) is 21.3. The van der Waals surface area contributed by atoms with Crippen LogP contribution in [-0.4, -0.2) is 30.2 Å². The molecule has 2 aromatic carbocycles. The lowest BCUT2D eigenvalue weighted by Crippen LogP contribution is -2.26. The van der Waals surface area contributed by atoms with E-state index in [-0.39, 0.29) is 18.3 Å². The molecule has 0 saturated heterocycles. The van der Waals surface area contributed by atoms with Crippen LogP contribution in [0, 0.1) is 0 Å². The van der Waals surface area contributed by atoms with Crippen LogP contribution in [0.5, 0.6) is 5.75 Å². The predicted molar refractivity (Wildman–Crippen MR) is 108 cm³/mol. The number of amides is 2. The van der Waals surface area contributed by atoms with Gasteiger partial charge in [-0.15, -0.1) is 0 Å². The van der Waals surface area contributed by atoms with Gasteiger partial charge in [-0.2, -0.15) is 0 Å². The van der Waals surface area contributed by atoms with Crippen molar-refractivity contribution in [3.05, 3.63) is 65.7 Å². The maximum Gasteiger partial charge on any atom is 0.407 e. The number of unbranched alkanes of at least 4 members (excludes halogenated alkanes) is 2. The highest BCUT2D eigenvalue weighted by Gasteiger charge is 2.03. The van der Waals surface area contributed by atoms with Crippen molar-refractivity contribution in [3.63, 3.8) is 0 Å². The normalized spacial score (nSPS) is 10.3. The molecule has 0 saturated carbocycles. The van der Waals surface area contributed by atoms with Gasteiger partial charge >= 0.3 is 6.09 Å². The van der Waals surface area contributed by atoms with Gasteiger partial charge in [-0.1, -0.05) is 48.9 Å². The quantitative estimate of drug-likeness (QED) is 0.517. The van der Waals surface area contributed by atoms with Crippen LogP contribution in [0.15, 0.2) is 54.6 Å². The Balaban J connectivity index is 1.43. The molecule has 0 atom stereocenters. The van der Waals surface area contributed by atoms with Crippen molar-refractivity contribution < 1.29 is 19.4 Å². The maximum absolute atomic E-state index is 11.8. The second-order valence-corrected chi connectivity index (χ2v) is 6.57. The van der Waals surface area contributed by atoms with Crippen LogP contribution in [0.1, 0.15) is 36.8 Å². The fourth-order valence-electron chi connectivity index (χ4n) is 2.65. The Bertz CT molecular complexity index is 717. The molecule has 0 heterocycles. The summed E-state index contributed by atoms with van der Waals surface area (Å²) in [5.41, 5.74) is 2.03. The third-order valence-electron chi connectivity index (χ3n) is 4.23. The molecule has 0 bridgehead atoms. The molecule has 0 fully saturated rings. The molecular weight excluding hydrogens is 356 g/mol. The molecule has 2 aromatic rings. The number of carbonyl (C=O) groups is 2. The minimum absolute atomic E-state index is 0.0361. The Kier molecular flexibility index (Phi) is 9.41. The molecule has 0 unspecified atom stereocenters. The summed E-state index contributed by atoms with van der Waals surface area (Å²) in [4.78, 5) is 23.4. The first-order valence-corrected chi connectivity index (χ1v) is 9.62. The van der Waals surface area contributed by atoms with Crippen molar-refractivity contribution >= 4 is 12.0 Å². The van der Waals surface area contributed by atoms with Crippen LogP contribution >= 0.6 is 0 Å². The van der Waals surface area contributed by atoms with E-state index < -0.39 is 6.09 Å². The number of hydrogen-bond donors (Lipinski definition) is 3. The number of hydrogen-bond acceptors (Lipinski definition) is 4. The molecule has 0 aliphatic rings. The lowest BCUT2D eigenvalue weighted by Gasteiger charge is -2.07. The summed E-state index contributed by atoms with van der Waals surface area (Å²) in [7, 11) is 0. The standard InChI is InChI=1S/C22H28N2O4/c25-20-12-10-18(11-13-20)14-16-23-21(26)9-5-2-6-15-24-22(27)28-17-19-7-3-1-4-8-19/h1,3-4,7-8,10-13,25H,2,5-6,9,14-17H2,(H,23,26)(H,24,27). The molecule has 6 heteroatoms. The number of phenols is 1. The highest BCUT2D eigenvalue weighted by atomic mass is 16.5. The van der Waals surface area contributed by atoms with E-state index in [1.165, 1.54) is 0 Å². The van der Waals surface area contributed by atoms with Gasteiger partial charge in [0.2, 0.25) is 5.91 Å². The molecule has 150 valence electrons. The number of phenolic OH excluding ortho intramolecular Hbond substituents is 1. The Labute approximate surface area is 165 Å². The summed E-state index contributed by atoms with van der Waals surface area (Å²) in [5.74, 6) is 0.278. The third-order valence-corrected chi connectivity index (χ3v) is 4.23. The Hall–Kier alpha value is -3.02. The second kappa shape index (κ2) is 12.4. The van der Waals surface area contributed by atoms with E-state index in [1.54, 1.807) is 12.1 Å². The summed E-state index contributed by atoms with van der Waals surface area (Å²) < 4.78 is 5.13. The summed E-state index contributed by atoms with van der Waals surface area (Å²) in [6.45, 7) is 1.38. The number of carbonyl (C=O) groups excluding carboxylic acids is 2. The summed E-state index contributed by atoms with van der Waals surface area (Å²) in [6.07, 6.45) is 3.25. The molecule has 2 rings (SSSR count). The monoisotopic (exact) mass is 384 g/mol. The van der Waals surface area contributed by atoms with Gasteiger partial charge in [0.05, 0.1) is 0 Å². The van der Waals surface area contributed by atoms with Gasteiger partial charge in [0.25, 0.3) is 0 Å². The first-order chi connectivity index (χ1) is 13.6. The largest absolute Gasteiger partial charge is 0.508 e. The van der Waals surface area contributed by atoms with Crippen molar-refractivity contribution in [1.82, 2.24) is 10.6 Å². The predicted octanol–water partition coefficient (Wildman–Crippen LogP) is 3.54. The van der Waals surface area contributed by atoms with E-state index in [4.69, 9.17) is 4.74 Å². The zero-order valence-electron chi connectivity index (χ0n) is 16.0. The average molecular weight is 384 g/mol. The van der Waals surface area contributed by atoms with E-state index in [1.807, 2.05) is 42.5 Å². The Morgan fingerprint density at radius 3 is 2.32 bits per heavy atom. The van der Waals surface area contributed by atoms with E-state index in [9.17, 15) is 14.7 Å². The third kappa shape index (κ3) is 9.07. The van der Waals surface area contributed by atoms with Crippen LogP contribution < -0.4 is 10.6 Å². The highest BCUT2D eigenvalue weighted by molar-refractivity contribution is 5.75. The van der Waals surface area contributed by atoms with Crippen LogP contribution in [0.4, 0.5) is 4.79 Å². The molecule has 6 nitrogen and oxygen atoms in total. The van der Waals surface area contributed by atoms with Crippen LogP contribution in [0.25, 0.3) is 0 Å². The summed E-state index contributed by atoms with van der Waals surface area (Å²) >= 11 is 0. The lowest BCUT2D eigenvalue weighted by molar-refractivity contribution is -0.121. The van der Waals surface area contributed by atoms with Crippen molar-refractivity contribution in [3.8, 4) is 5.75 Å². The van der Waals surface area contributed by atoms with Gasteiger partial charge in [0, 0.05) is 19.5 Å². The maximum atomic E-state index is 11.8. The molecule has 0 aliphatic carbocycles. The number of ether oxygens (including phenoxy) is 1. The Morgan fingerprint density at radius 2 is 1.57 bits per heavy atom. The van der Waals surface area contributed by atoms with E-state index in [2.05, 4.69) is 10.6 Å². The van der Waals surface area contributed by atoms with Crippen LogP contribution in [0.2, 0.25) is 0 Å². The fourth-order valence-corrected chi connectivity index (χ4v) is 2.65. The SMILES string of the molecule is O=C(CCCCCNC(=O)OCc1ccccc1)NCCc1ccc(O)cc1.